The molecule has 7 heteroatoms. The number of carbonyl (C=O) groups excluding carboxylic acids is 1. The summed E-state index contributed by atoms with van der Waals surface area (Å²) in [4.78, 5) is 12.4. The highest BCUT2D eigenvalue weighted by atomic mass is 35.5. The van der Waals surface area contributed by atoms with E-state index in [-0.39, 0.29) is 18.3 Å². The Kier molecular flexibility index (Phi) is 9.08. The number of hydrogen-bond acceptors (Lipinski definition) is 3. The molecule has 1 unspecified atom stereocenters. The molecule has 25 heavy (non-hydrogen) atoms. The van der Waals surface area contributed by atoms with Crippen molar-refractivity contribution in [1.82, 2.24) is 5.32 Å². The van der Waals surface area contributed by atoms with Crippen molar-refractivity contribution in [2.75, 3.05) is 11.9 Å². The largest absolute Gasteiger partial charge is 0.479 e. The van der Waals surface area contributed by atoms with Gasteiger partial charge in [0.1, 0.15) is 5.75 Å². The minimum Gasteiger partial charge on any atom is -0.479 e. The van der Waals surface area contributed by atoms with Crippen molar-refractivity contribution >= 4 is 47.2 Å². The number of hydrogen-bond donors (Lipinski definition) is 2. The maximum Gasteiger partial charge on any atom is 0.265 e. The van der Waals surface area contributed by atoms with E-state index in [2.05, 4.69) is 10.6 Å². The molecule has 4 nitrogen and oxygen atoms in total. The molecule has 1 atom stereocenters. The molecule has 0 aromatic heterocycles. The molecule has 0 spiro atoms. The van der Waals surface area contributed by atoms with Crippen LogP contribution in [-0.4, -0.2) is 18.6 Å². The summed E-state index contributed by atoms with van der Waals surface area (Å²) in [5.74, 6) is 0.176. The van der Waals surface area contributed by atoms with Gasteiger partial charge in [0.25, 0.3) is 5.91 Å². The standard InChI is InChI=1S/C18H20Cl2N2O2.ClH/c1-3-21-11-13-6-4-5-7-16(13)22-18(23)12(2)24-17-9-8-14(19)10-15(17)20;/h4-10,12,21H,3,11H2,1-2H3,(H,22,23);1H. The van der Waals surface area contributed by atoms with E-state index in [4.69, 9.17) is 27.9 Å². The fourth-order valence-electron chi connectivity index (χ4n) is 2.11. The molecule has 2 aromatic rings. The zero-order chi connectivity index (χ0) is 17.5. The lowest BCUT2D eigenvalue weighted by atomic mass is 10.1. The van der Waals surface area contributed by atoms with Crippen LogP contribution in [0.5, 0.6) is 5.75 Å². The number of carbonyl (C=O) groups is 1. The SMILES string of the molecule is CCNCc1ccccc1NC(=O)C(C)Oc1ccc(Cl)cc1Cl.Cl. The van der Waals surface area contributed by atoms with Crippen LogP contribution in [0.4, 0.5) is 5.69 Å². The summed E-state index contributed by atoms with van der Waals surface area (Å²) in [6, 6.07) is 12.6. The molecule has 2 rings (SSSR count). The van der Waals surface area contributed by atoms with Crippen LogP contribution in [-0.2, 0) is 11.3 Å². The van der Waals surface area contributed by atoms with Crippen LogP contribution >= 0.6 is 35.6 Å². The van der Waals surface area contributed by atoms with Crippen LogP contribution in [0.15, 0.2) is 42.5 Å². The van der Waals surface area contributed by atoms with E-state index < -0.39 is 6.10 Å². The van der Waals surface area contributed by atoms with Crippen LogP contribution in [0, 0.1) is 0 Å². The number of halogens is 3. The molecule has 2 aromatic carbocycles. The second kappa shape index (κ2) is 10.5. The van der Waals surface area contributed by atoms with Crippen molar-refractivity contribution < 1.29 is 9.53 Å². The highest BCUT2D eigenvalue weighted by Crippen LogP contribution is 2.28. The first kappa shape index (κ1) is 21.6. The number of para-hydroxylation sites is 1. The third-order valence-corrected chi connectivity index (χ3v) is 3.94. The Morgan fingerprint density at radius 3 is 2.60 bits per heavy atom. The third-order valence-electron chi connectivity index (χ3n) is 3.41. The van der Waals surface area contributed by atoms with Crippen LogP contribution < -0.4 is 15.4 Å². The average Bonchev–Trinajstić information content (AvgIpc) is 2.56. The van der Waals surface area contributed by atoms with Gasteiger partial charge in [0.15, 0.2) is 6.10 Å². The van der Waals surface area contributed by atoms with Crippen LogP contribution in [0.25, 0.3) is 0 Å². The molecular formula is C18H21Cl3N2O2. The zero-order valence-corrected chi connectivity index (χ0v) is 16.3. The Labute approximate surface area is 164 Å². The maximum atomic E-state index is 12.4. The topological polar surface area (TPSA) is 50.4 Å². The number of ether oxygens (including phenoxy) is 1. The Morgan fingerprint density at radius 2 is 1.92 bits per heavy atom. The Hall–Kier alpha value is -1.46. The van der Waals surface area contributed by atoms with Gasteiger partial charge < -0.3 is 15.4 Å². The number of anilines is 1. The molecule has 0 aliphatic heterocycles. The first-order valence-corrected chi connectivity index (χ1v) is 8.48. The summed E-state index contributed by atoms with van der Waals surface area (Å²) in [6.07, 6.45) is -0.698. The summed E-state index contributed by atoms with van der Waals surface area (Å²) in [5, 5.41) is 7.03. The Balaban J connectivity index is 0.00000312. The van der Waals surface area contributed by atoms with E-state index in [1.54, 1.807) is 25.1 Å². The summed E-state index contributed by atoms with van der Waals surface area (Å²) < 4.78 is 5.64. The van der Waals surface area contributed by atoms with Crippen molar-refractivity contribution in [3.63, 3.8) is 0 Å². The van der Waals surface area contributed by atoms with Gasteiger partial charge in [-0.2, -0.15) is 0 Å². The molecule has 1 amide bonds. The van der Waals surface area contributed by atoms with Crippen LogP contribution in [0.1, 0.15) is 19.4 Å². The molecular weight excluding hydrogens is 383 g/mol. The molecule has 0 radical (unpaired) electrons. The van der Waals surface area contributed by atoms with E-state index in [9.17, 15) is 4.79 Å². The number of amides is 1. The van der Waals surface area contributed by atoms with Crippen molar-refractivity contribution in [3.05, 3.63) is 58.1 Å². The molecule has 0 heterocycles. The maximum absolute atomic E-state index is 12.4. The van der Waals surface area contributed by atoms with Gasteiger partial charge in [0.05, 0.1) is 5.02 Å². The monoisotopic (exact) mass is 402 g/mol. The highest BCUT2D eigenvalue weighted by molar-refractivity contribution is 6.35. The lowest BCUT2D eigenvalue weighted by Crippen LogP contribution is -2.30. The molecule has 0 aliphatic carbocycles. The van der Waals surface area contributed by atoms with E-state index in [0.717, 1.165) is 17.8 Å². The van der Waals surface area contributed by atoms with Gasteiger partial charge in [0, 0.05) is 17.3 Å². The van der Waals surface area contributed by atoms with Crippen molar-refractivity contribution in [2.24, 2.45) is 0 Å². The Morgan fingerprint density at radius 1 is 1.20 bits per heavy atom. The van der Waals surface area contributed by atoms with Gasteiger partial charge >= 0.3 is 0 Å². The number of benzene rings is 2. The lowest BCUT2D eigenvalue weighted by Gasteiger charge is -2.17. The summed E-state index contributed by atoms with van der Waals surface area (Å²) in [6.45, 7) is 5.25. The van der Waals surface area contributed by atoms with E-state index >= 15 is 0 Å². The predicted molar refractivity (Wildman–Crippen MR) is 106 cm³/mol. The average molecular weight is 404 g/mol. The molecule has 0 saturated carbocycles. The fourth-order valence-corrected chi connectivity index (χ4v) is 2.56. The van der Waals surface area contributed by atoms with Gasteiger partial charge in [-0.15, -0.1) is 12.4 Å². The normalized spacial score (nSPS) is 11.4. The quantitative estimate of drug-likeness (QED) is 0.689. The van der Waals surface area contributed by atoms with Crippen molar-refractivity contribution in [2.45, 2.75) is 26.5 Å². The smallest absolute Gasteiger partial charge is 0.265 e. The molecule has 0 aliphatic rings. The van der Waals surface area contributed by atoms with Crippen molar-refractivity contribution in [1.29, 1.82) is 0 Å². The molecule has 0 saturated heterocycles. The van der Waals surface area contributed by atoms with Gasteiger partial charge in [-0.25, -0.2) is 0 Å². The first-order chi connectivity index (χ1) is 11.5. The van der Waals surface area contributed by atoms with Gasteiger partial charge in [-0.1, -0.05) is 48.3 Å². The lowest BCUT2D eigenvalue weighted by molar-refractivity contribution is -0.122. The van der Waals surface area contributed by atoms with Gasteiger partial charge in [-0.05, 0) is 43.3 Å². The number of rotatable bonds is 7. The second-order valence-electron chi connectivity index (χ2n) is 5.26. The highest BCUT2D eigenvalue weighted by Gasteiger charge is 2.17. The molecule has 0 fully saturated rings. The summed E-state index contributed by atoms with van der Waals surface area (Å²) in [7, 11) is 0. The minimum absolute atomic E-state index is 0. The van der Waals surface area contributed by atoms with Crippen LogP contribution in [0.2, 0.25) is 10.0 Å². The van der Waals surface area contributed by atoms with Gasteiger partial charge in [-0.3, -0.25) is 4.79 Å². The van der Waals surface area contributed by atoms with Gasteiger partial charge in [0.2, 0.25) is 0 Å². The molecule has 136 valence electrons. The Bertz CT molecular complexity index is 710. The molecule has 2 N–H and O–H groups in total. The second-order valence-corrected chi connectivity index (χ2v) is 6.11. The minimum atomic E-state index is -0.698. The molecule has 0 bridgehead atoms. The van der Waals surface area contributed by atoms with Crippen LogP contribution in [0.3, 0.4) is 0 Å². The van der Waals surface area contributed by atoms with E-state index in [1.807, 2.05) is 31.2 Å². The third kappa shape index (κ3) is 6.40. The van der Waals surface area contributed by atoms with Crippen molar-refractivity contribution in [3.8, 4) is 5.75 Å². The fraction of sp³-hybridized carbons (Fsp3) is 0.278. The zero-order valence-electron chi connectivity index (χ0n) is 14.0. The number of nitrogens with one attached hydrogen (secondary N) is 2. The summed E-state index contributed by atoms with van der Waals surface area (Å²) >= 11 is 11.9. The van der Waals surface area contributed by atoms with E-state index in [0.29, 0.717) is 22.3 Å². The predicted octanol–water partition coefficient (Wildman–Crippen LogP) is 4.93. The van der Waals surface area contributed by atoms with E-state index in [1.165, 1.54) is 0 Å². The summed E-state index contributed by atoms with van der Waals surface area (Å²) in [5.41, 5.74) is 1.78. The first-order valence-electron chi connectivity index (χ1n) is 7.72.